The Morgan fingerprint density at radius 3 is 2.44 bits per heavy atom. The van der Waals surface area contributed by atoms with Crippen molar-refractivity contribution < 1.29 is 26.7 Å². The summed E-state index contributed by atoms with van der Waals surface area (Å²) in [5, 5.41) is 12.8. The zero-order valence-electron chi connectivity index (χ0n) is 23.6. The van der Waals surface area contributed by atoms with Crippen LogP contribution in [0.3, 0.4) is 0 Å². The highest BCUT2D eigenvalue weighted by Crippen LogP contribution is 2.32. The predicted molar refractivity (Wildman–Crippen MR) is 157 cm³/mol. The summed E-state index contributed by atoms with van der Waals surface area (Å²) in [6.45, 7) is 3.32. The maximum Gasteiger partial charge on any atom is 0.259 e. The van der Waals surface area contributed by atoms with Crippen LogP contribution < -0.4 is 10.6 Å². The number of nitrogens with zero attached hydrogens (tertiary/aromatic N) is 3. The summed E-state index contributed by atoms with van der Waals surface area (Å²) in [6.07, 6.45) is 3.72. The third-order valence-corrected chi connectivity index (χ3v) is 9.73. The van der Waals surface area contributed by atoms with Gasteiger partial charge in [0.2, 0.25) is 9.84 Å². The van der Waals surface area contributed by atoms with E-state index in [1.54, 1.807) is 6.07 Å². The SMILES string of the molecule is CN1CCC(c2ccc(C(=O)Nc3n[nH]c4ccc(S(=O)(=O)c5cc(F)cc(F)c5)nc34)c(NC3CCOCC3)c2)CC1. The first kappa shape index (κ1) is 29.1. The molecule has 43 heavy (non-hydrogen) atoms. The van der Waals surface area contributed by atoms with E-state index in [2.05, 4.69) is 43.8 Å². The number of nitrogens with one attached hydrogen (secondary N) is 3. The number of aromatic amines is 1. The molecule has 2 aliphatic rings. The lowest BCUT2D eigenvalue weighted by Gasteiger charge is -2.30. The van der Waals surface area contributed by atoms with Gasteiger partial charge in [-0.2, -0.15) is 5.10 Å². The van der Waals surface area contributed by atoms with Crippen molar-refractivity contribution in [1.82, 2.24) is 20.1 Å². The number of aromatic nitrogens is 3. The molecule has 226 valence electrons. The minimum atomic E-state index is -4.36. The van der Waals surface area contributed by atoms with Gasteiger partial charge in [0, 0.05) is 31.0 Å². The summed E-state index contributed by atoms with van der Waals surface area (Å²) in [4.78, 5) is 19.6. The molecule has 1 amide bonds. The van der Waals surface area contributed by atoms with Crippen molar-refractivity contribution in [3.8, 4) is 0 Å². The van der Waals surface area contributed by atoms with E-state index in [4.69, 9.17) is 4.74 Å². The molecule has 0 unspecified atom stereocenters. The van der Waals surface area contributed by atoms with Crippen LogP contribution in [0.25, 0.3) is 11.0 Å². The molecule has 2 saturated heterocycles. The van der Waals surface area contributed by atoms with Crippen LogP contribution in [-0.4, -0.2) is 73.8 Å². The Hall–Kier alpha value is -3.94. The van der Waals surface area contributed by atoms with Gasteiger partial charge in [-0.05, 0) is 93.7 Å². The number of hydrogen-bond donors (Lipinski definition) is 3. The highest BCUT2D eigenvalue weighted by molar-refractivity contribution is 7.91. The molecule has 4 heterocycles. The summed E-state index contributed by atoms with van der Waals surface area (Å²) >= 11 is 0. The molecule has 3 N–H and O–H groups in total. The minimum Gasteiger partial charge on any atom is -0.381 e. The summed E-state index contributed by atoms with van der Waals surface area (Å²) in [5.41, 5.74) is 2.77. The van der Waals surface area contributed by atoms with E-state index in [0.717, 1.165) is 50.9 Å². The number of rotatable bonds is 7. The Bertz CT molecular complexity index is 1750. The smallest absolute Gasteiger partial charge is 0.259 e. The summed E-state index contributed by atoms with van der Waals surface area (Å²) < 4.78 is 59.3. The van der Waals surface area contributed by atoms with E-state index in [0.29, 0.717) is 42.0 Å². The van der Waals surface area contributed by atoms with E-state index in [-0.39, 0.29) is 17.4 Å². The van der Waals surface area contributed by atoms with Crippen LogP contribution in [0.5, 0.6) is 0 Å². The van der Waals surface area contributed by atoms with Crippen molar-refractivity contribution >= 4 is 38.3 Å². The highest BCUT2D eigenvalue weighted by Gasteiger charge is 2.25. The van der Waals surface area contributed by atoms with Gasteiger partial charge in [-0.3, -0.25) is 9.89 Å². The molecule has 2 aliphatic heterocycles. The highest BCUT2D eigenvalue weighted by atomic mass is 32.2. The molecule has 0 atom stereocenters. The van der Waals surface area contributed by atoms with Crippen LogP contribution in [0.4, 0.5) is 20.3 Å². The molecule has 0 bridgehead atoms. The number of pyridine rings is 1. The number of anilines is 2. The predicted octanol–water partition coefficient (Wildman–Crippen LogP) is 4.72. The van der Waals surface area contributed by atoms with E-state index >= 15 is 0 Å². The Labute approximate surface area is 247 Å². The van der Waals surface area contributed by atoms with Gasteiger partial charge < -0.3 is 20.3 Å². The second-order valence-corrected chi connectivity index (χ2v) is 13.0. The lowest BCUT2D eigenvalue weighted by Crippen LogP contribution is -2.30. The fraction of sp³-hybridized carbons (Fsp3) is 0.367. The van der Waals surface area contributed by atoms with Crippen molar-refractivity contribution in [2.24, 2.45) is 0 Å². The summed E-state index contributed by atoms with van der Waals surface area (Å²) in [5.74, 6) is -2.07. The zero-order valence-corrected chi connectivity index (χ0v) is 24.4. The second kappa shape index (κ2) is 12.0. The van der Waals surface area contributed by atoms with Crippen LogP contribution in [0.2, 0.25) is 0 Å². The van der Waals surface area contributed by atoms with Crippen molar-refractivity contribution in [2.75, 3.05) is 44.0 Å². The number of ether oxygens (including phenoxy) is 1. The van der Waals surface area contributed by atoms with Gasteiger partial charge in [-0.25, -0.2) is 22.2 Å². The monoisotopic (exact) mass is 610 g/mol. The Morgan fingerprint density at radius 1 is 1.00 bits per heavy atom. The van der Waals surface area contributed by atoms with Gasteiger partial charge in [0.1, 0.15) is 17.2 Å². The van der Waals surface area contributed by atoms with Gasteiger partial charge in [-0.1, -0.05) is 6.07 Å². The van der Waals surface area contributed by atoms with Gasteiger partial charge in [0.15, 0.2) is 10.8 Å². The minimum absolute atomic E-state index is 0.0267. The first-order chi connectivity index (χ1) is 20.7. The van der Waals surface area contributed by atoms with Crippen LogP contribution in [0.15, 0.2) is 58.5 Å². The molecular formula is C30H32F2N6O4S. The summed E-state index contributed by atoms with van der Waals surface area (Å²) in [6, 6.07) is 10.7. The molecule has 2 aromatic heterocycles. The number of benzene rings is 2. The summed E-state index contributed by atoms with van der Waals surface area (Å²) in [7, 11) is -2.24. The standard InChI is InChI=1S/C30H32F2N6O4S/c1-38-10-6-18(7-11-38)19-2-3-24(26(14-19)33-22-8-12-42-13-9-22)30(39)35-29-28-25(36-37-29)4-5-27(34-28)43(40,41)23-16-20(31)15-21(32)17-23/h2-5,14-18,22,33H,6-13H2,1H3,(H2,35,36,37,39). The molecule has 10 nitrogen and oxygen atoms in total. The van der Waals surface area contributed by atoms with E-state index < -0.39 is 37.3 Å². The molecule has 2 aromatic carbocycles. The number of likely N-dealkylation sites (tertiary alicyclic amines) is 1. The molecule has 0 saturated carbocycles. The van der Waals surface area contributed by atoms with Gasteiger partial charge in [0.05, 0.1) is 16.0 Å². The lowest BCUT2D eigenvalue weighted by atomic mass is 9.88. The van der Waals surface area contributed by atoms with E-state index in [9.17, 15) is 22.0 Å². The van der Waals surface area contributed by atoms with E-state index in [1.807, 2.05) is 6.07 Å². The topological polar surface area (TPSA) is 129 Å². The maximum absolute atomic E-state index is 13.8. The molecule has 13 heteroatoms. The number of H-pyrrole nitrogens is 1. The third-order valence-electron chi connectivity index (χ3n) is 8.09. The number of amides is 1. The fourth-order valence-electron chi connectivity index (χ4n) is 5.63. The molecule has 6 rings (SSSR count). The van der Waals surface area contributed by atoms with Gasteiger partial charge in [0.25, 0.3) is 5.91 Å². The second-order valence-electron chi connectivity index (χ2n) is 11.1. The quantitative estimate of drug-likeness (QED) is 0.274. The van der Waals surface area contributed by atoms with Gasteiger partial charge in [-0.15, -0.1) is 0 Å². The third kappa shape index (κ3) is 6.24. The van der Waals surface area contributed by atoms with Crippen molar-refractivity contribution in [3.05, 3.63) is 71.3 Å². The molecule has 0 radical (unpaired) electrons. The number of piperidine rings is 1. The first-order valence-corrected chi connectivity index (χ1v) is 15.7. The number of carbonyl (C=O) groups is 1. The van der Waals surface area contributed by atoms with Crippen molar-refractivity contribution in [2.45, 2.75) is 47.6 Å². The molecule has 0 spiro atoms. The number of sulfone groups is 1. The number of halogens is 2. The van der Waals surface area contributed by atoms with Crippen molar-refractivity contribution in [1.29, 1.82) is 0 Å². The Balaban J connectivity index is 1.30. The molecule has 2 fully saturated rings. The molecule has 4 aromatic rings. The van der Waals surface area contributed by atoms with Crippen LogP contribution >= 0.6 is 0 Å². The molecule has 0 aliphatic carbocycles. The Morgan fingerprint density at radius 2 is 1.72 bits per heavy atom. The van der Waals surface area contributed by atoms with E-state index in [1.165, 1.54) is 17.7 Å². The van der Waals surface area contributed by atoms with Crippen molar-refractivity contribution in [3.63, 3.8) is 0 Å². The van der Waals surface area contributed by atoms with Gasteiger partial charge >= 0.3 is 0 Å². The number of carbonyl (C=O) groups excluding carboxylic acids is 1. The largest absolute Gasteiger partial charge is 0.381 e. The number of fused-ring (bicyclic) bond motifs is 1. The average molecular weight is 611 g/mol. The average Bonchev–Trinajstić information content (AvgIpc) is 3.39. The fourth-order valence-corrected chi connectivity index (χ4v) is 6.87. The maximum atomic E-state index is 13.8. The molecular weight excluding hydrogens is 578 g/mol. The zero-order chi connectivity index (χ0) is 30.1. The normalized spacial score (nSPS) is 17.3. The van der Waals surface area contributed by atoms with Crippen LogP contribution in [-0.2, 0) is 14.6 Å². The Kier molecular flexibility index (Phi) is 8.12. The van der Waals surface area contributed by atoms with Crippen LogP contribution in [0, 0.1) is 11.6 Å². The van der Waals surface area contributed by atoms with Crippen LogP contribution in [0.1, 0.15) is 47.5 Å². The lowest BCUT2D eigenvalue weighted by molar-refractivity contribution is 0.0904. The number of hydrogen-bond acceptors (Lipinski definition) is 8. The first-order valence-electron chi connectivity index (χ1n) is 14.2.